The second kappa shape index (κ2) is 4.68. The van der Waals surface area contributed by atoms with Crippen LogP contribution in [0.5, 0.6) is 5.75 Å². The fourth-order valence-corrected chi connectivity index (χ4v) is 0.960. The van der Waals surface area contributed by atoms with Crippen molar-refractivity contribution < 1.29 is 17.9 Å². The molecule has 0 radical (unpaired) electrons. The molecule has 0 saturated carbocycles. The normalized spacial score (nSPS) is 11.7. The molecule has 0 bridgehead atoms. The Morgan fingerprint density at radius 1 is 1.13 bits per heavy atom. The number of hydrogen-bond acceptors (Lipinski definition) is 1. The number of ether oxygens (including phenoxy) is 1. The van der Waals surface area contributed by atoms with Crippen molar-refractivity contribution in [3.63, 3.8) is 0 Å². The Morgan fingerprint density at radius 2 is 1.73 bits per heavy atom. The molecule has 0 unspecified atom stereocenters. The minimum atomic E-state index is -4.64. The Balaban J connectivity index is 2.72. The van der Waals surface area contributed by atoms with Crippen molar-refractivity contribution in [1.82, 2.24) is 0 Å². The molecule has 15 heavy (non-hydrogen) atoms. The molecule has 0 aliphatic rings. The first-order valence-electron chi connectivity index (χ1n) is 4.16. The molecule has 0 aromatic heterocycles. The molecule has 0 aliphatic heterocycles. The molecule has 0 atom stereocenters. The van der Waals surface area contributed by atoms with Gasteiger partial charge in [0.2, 0.25) is 0 Å². The van der Waals surface area contributed by atoms with E-state index in [0.29, 0.717) is 0 Å². The zero-order chi connectivity index (χ0) is 11.3. The molecule has 0 spiro atoms. The Kier molecular flexibility index (Phi) is 3.55. The van der Waals surface area contributed by atoms with Gasteiger partial charge in [-0.15, -0.1) is 13.2 Å². The molecule has 0 saturated heterocycles. The number of benzene rings is 1. The van der Waals surface area contributed by atoms with Crippen LogP contribution in [0.25, 0.3) is 6.08 Å². The fraction of sp³-hybridized carbons (Fsp3) is 0.0909. The quantitative estimate of drug-likeness (QED) is 0.695. The van der Waals surface area contributed by atoms with Gasteiger partial charge in [-0.2, -0.15) is 0 Å². The maximum atomic E-state index is 11.8. The van der Waals surface area contributed by atoms with E-state index < -0.39 is 6.36 Å². The van der Waals surface area contributed by atoms with Crippen molar-refractivity contribution in [2.45, 2.75) is 6.36 Å². The summed E-state index contributed by atoms with van der Waals surface area (Å²) in [5, 5.41) is 0. The molecule has 0 heterocycles. The second-order valence-electron chi connectivity index (χ2n) is 2.71. The Hall–Kier alpha value is -1.71. The van der Waals surface area contributed by atoms with Gasteiger partial charge in [-0.1, -0.05) is 36.9 Å². The van der Waals surface area contributed by atoms with E-state index in [2.05, 4.69) is 11.3 Å². The van der Waals surface area contributed by atoms with Gasteiger partial charge >= 0.3 is 6.36 Å². The van der Waals surface area contributed by atoms with Gasteiger partial charge in [0.1, 0.15) is 5.75 Å². The van der Waals surface area contributed by atoms with E-state index in [1.807, 2.05) is 0 Å². The number of allylic oxidation sites excluding steroid dienone is 2. The SMILES string of the molecule is C=C/C=C/c1ccc(OC(F)(F)F)cc1. The Morgan fingerprint density at radius 3 is 2.20 bits per heavy atom. The van der Waals surface area contributed by atoms with Crippen molar-refractivity contribution in [1.29, 1.82) is 0 Å². The van der Waals surface area contributed by atoms with Crippen LogP contribution in [0.3, 0.4) is 0 Å². The van der Waals surface area contributed by atoms with Gasteiger partial charge in [0.25, 0.3) is 0 Å². The second-order valence-corrected chi connectivity index (χ2v) is 2.71. The summed E-state index contributed by atoms with van der Waals surface area (Å²) in [6.45, 7) is 3.48. The molecular formula is C11H9F3O. The average molecular weight is 214 g/mol. The highest BCUT2D eigenvalue weighted by molar-refractivity contribution is 5.51. The molecule has 4 heteroatoms. The maximum Gasteiger partial charge on any atom is 0.573 e. The van der Waals surface area contributed by atoms with E-state index in [4.69, 9.17) is 0 Å². The smallest absolute Gasteiger partial charge is 0.406 e. The van der Waals surface area contributed by atoms with Gasteiger partial charge in [0.15, 0.2) is 0 Å². The largest absolute Gasteiger partial charge is 0.573 e. The first kappa shape index (κ1) is 11.4. The van der Waals surface area contributed by atoms with Crippen LogP contribution >= 0.6 is 0 Å². The molecule has 1 aromatic rings. The molecule has 1 nitrogen and oxygen atoms in total. The lowest BCUT2D eigenvalue weighted by molar-refractivity contribution is -0.274. The van der Waals surface area contributed by atoms with E-state index >= 15 is 0 Å². The minimum absolute atomic E-state index is 0.224. The molecule has 0 amide bonds. The number of alkyl halides is 3. The number of rotatable bonds is 3. The summed E-state index contributed by atoms with van der Waals surface area (Å²) in [4.78, 5) is 0. The number of hydrogen-bond donors (Lipinski definition) is 0. The van der Waals surface area contributed by atoms with Gasteiger partial charge in [-0.3, -0.25) is 0 Å². The Bertz CT molecular complexity index is 349. The standard InChI is InChI=1S/C11H9F3O/c1-2-3-4-9-5-7-10(8-6-9)15-11(12,13)14/h2-8H,1H2/b4-3+. The van der Waals surface area contributed by atoms with Crippen molar-refractivity contribution in [3.8, 4) is 5.75 Å². The minimum Gasteiger partial charge on any atom is -0.406 e. The molecule has 1 aromatic carbocycles. The third-order valence-electron chi connectivity index (χ3n) is 1.54. The summed E-state index contributed by atoms with van der Waals surface area (Å²) in [5.41, 5.74) is 0.782. The van der Waals surface area contributed by atoms with Gasteiger partial charge in [-0.05, 0) is 17.7 Å². The van der Waals surface area contributed by atoms with Crippen LogP contribution in [0.1, 0.15) is 5.56 Å². The fourth-order valence-electron chi connectivity index (χ4n) is 0.960. The lowest BCUT2D eigenvalue weighted by atomic mass is 10.2. The summed E-state index contributed by atoms with van der Waals surface area (Å²) in [6, 6.07) is 5.58. The topological polar surface area (TPSA) is 9.23 Å². The van der Waals surface area contributed by atoms with Crippen LogP contribution in [0.4, 0.5) is 13.2 Å². The van der Waals surface area contributed by atoms with E-state index in [0.717, 1.165) is 5.56 Å². The zero-order valence-corrected chi connectivity index (χ0v) is 7.79. The van der Waals surface area contributed by atoms with Crippen LogP contribution < -0.4 is 4.74 Å². The summed E-state index contributed by atoms with van der Waals surface area (Å²) < 4.78 is 39.1. The Labute approximate surface area is 85.5 Å². The lowest BCUT2D eigenvalue weighted by Crippen LogP contribution is -2.16. The average Bonchev–Trinajstić information content (AvgIpc) is 2.14. The van der Waals surface area contributed by atoms with Gasteiger partial charge in [0, 0.05) is 0 Å². The van der Waals surface area contributed by atoms with Crippen molar-refractivity contribution in [3.05, 3.63) is 48.6 Å². The van der Waals surface area contributed by atoms with Gasteiger partial charge in [-0.25, -0.2) is 0 Å². The monoisotopic (exact) mass is 214 g/mol. The van der Waals surface area contributed by atoms with Crippen molar-refractivity contribution in [2.24, 2.45) is 0 Å². The molecule has 0 aliphatic carbocycles. The predicted molar refractivity (Wildman–Crippen MR) is 52.4 cm³/mol. The third kappa shape index (κ3) is 4.35. The highest BCUT2D eigenvalue weighted by Gasteiger charge is 2.30. The summed E-state index contributed by atoms with van der Waals surface area (Å²) in [5.74, 6) is -0.224. The van der Waals surface area contributed by atoms with E-state index in [-0.39, 0.29) is 5.75 Å². The van der Waals surface area contributed by atoms with E-state index in [9.17, 15) is 13.2 Å². The summed E-state index contributed by atoms with van der Waals surface area (Å²) >= 11 is 0. The van der Waals surface area contributed by atoms with E-state index in [1.54, 1.807) is 18.2 Å². The molecular weight excluding hydrogens is 205 g/mol. The zero-order valence-electron chi connectivity index (χ0n) is 7.79. The lowest BCUT2D eigenvalue weighted by Gasteiger charge is -2.08. The van der Waals surface area contributed by atoms with Crippen molar-refractivity contribution in [2.75, 3.05) is 0 Å². The van der Waals surface area contributed by atoms with Gasteiger partial charge < -0.3 is 4.74 Å². The first-order valence-corrected chi connectivity index (χ1v) is 4.16. The molecule has 80 valence electrons. The molecule has 0 fully saturated rings. The molecule has 1 rings (SSSR count). The predicted octanol–water partition coefficient (Wildman–Crippen LogP) is 3.78. The highest BCUT2D eigenvalue weighted by Crippen LogP contribution is 2.22. The maximum absolute atomic E-state index is 11.8. The number of halogens is 3. The highest BCUT2D eigenvalue weighted by atomic mass is 19.4. The third-order valence-corrected chi connectivity index (χ3v) is 1.54. The van der Waals surface area contributed by atoms with Crippen molar-refractivity contribution >= 4 is 6.08 Å². The van der Waals surface area contributed by atoms with Crippen LogP contribution in [0.2, 0.25) is 0 Å². The van der Waals surface area contributed by atoms with Crippen LogP contribution in [0.15, 0.2) is 43.0 Å². The first-order chi connectivity index (χ1) is 7.01. The van der Waals surface area contributed by atoms with Crippen LogP contribution in [-0.4, -0.2) is 6.36 Å². The summed E-state index contributed by atoms with van der Waals surface area (Å²) in [7, 11) is 0. The van der Waals surface area contributed by atoms with E-state index in [1.165, 1.54) is 24.3 Å². The van der Waals surface area contributed by atoms with Crippen LogP contribution in [-0.2, 0) is 0 Å². The van der Waals surface area contributed by atoms with Crippen LogP contribution in [0, 0.1) is 0 Å². The molecule has 0 N–H and O–H groups in total. The van der Waals surface area contributed by atoms with Gasteiger partial charge in [0.05, 0.1) is 0 Å². The summed E-state index contributed by atoms with van der Waals surface area (Å²) in [6.07, 6.45) is 0.364.